The number of urea groups is 1. The smallest absolute Gasteiger partial charge is 0.416 e. The fourth-order valence-corrected chi connectivity index (χ4v) is 2.15. The predicted octanol–water partition coefficient (Wildman–Crippen LogP) is 3.54. The van der Waals surface area contributed by atoms with E-state index in [1.165, 1.54) is 6.07 Å². The lowest BCUT2D eigenvalue weighted by molar-refractivity contribution is -0.138. The third kappa shape index (κ3) is 6.52. The van der Waals surface area contributed by atoms with E-state index in [1.807, 2.05) is 0 Å². The molecule has 0 aliphatic heterocycles. The number of nitrogens with one attached hydrogen (secondary N) is 2. The van der Waals surface area contributed by atoms with Crippen LogP contribution in [0.1, 0.15) is 32.3 Å². The second-order valence-corrected chi connectivity index (χ2v) is 6.48. The number of hydrogen-bond acceptors (Lipinski definition) is 3. The Kier molecular flexibility index (Phi) is 6.28. The summed E-state index contributed by atoms with van der Waals surface area (Å²) in [5.74, 6) is -0.997. The third-order valence-electron chi connectivity index (χ3n) is 3.47. The number of carboxylic acid groups (broad SMARTS) is 1. The molecule has 6 nitrogen and oxygen atoms in total. The highest BCUT2D eigenvalue weighted by molar-refractivity contribution is 5.93. The maximum Gasteiger partial charge on any atom is 0.416 e. The molecule has 0 bridgehead atoms. The Labute approximate surface area is 144 Å². The minimum absolute atomic E-state index is 0.00589. The Morgan fingerprint density at radius 1 is 1.20 bits per heavy atom. The van der Waals surface area contributed by atoms with Crippen molar-refractivity contribution in [3.05, 3.63) is 23.8 Å². The number of alkyl halides is 3. The molecule has 2 amide bonds. The zero-order valence-electron chi connectivity index (χ0n) is 14.5. The van der Waals surface area contributed by atoms with Gasteiger partial charge in [-0.1, -0.05) is 0 Å². The molecule has 1 aromatic carbocycles. The van der Waals surface area contributed by atoms with E-state index in [0.29, 0.717) is 5.69 Å². The van der Waals surface area contributed by atoms with E-state index in [2.05, 4.69) is 10.6 Å². The summed E-state index contributed by atoms with van der Waals surface area (Å²) in [4.78, 5) is 24.3. The lowest BCUT2D eigenvalue weighted by Crippen LogP contribution is -2.46. The topological polar surface area (TPSA) is 81.7 Å². The molecule has 0 aromatic heterocycles. The standard InChI is InChI=1S/C16H22F3N3O3/c1-15(2,8-7-13(23)24)21-14(25)20-11-9-10(16(17,18)19)5-6-12(11)22(3)4/h5-6,9H,7-8H2,1-4H3,(H,23,24)(H2,20,21,25). The number of carboxylic acids is 1. The van der Waals surface area contributed by atoms with Crippen LogP contribution in [0.2, 0.25) is 0 Å². The zero-order valence-corrected chi connectivity index (χ0v) is 14.5. The molecule has 0 fully saturated rings. The van der Waals surface area contributed by atoms with Gasteiger partial charge in [-0.3, -0.25) is 4.79 Å². The fourth-order valence-electron chi connectivity index (χ4n) is 2.15. The first kappa shape index (κ1) is 20.6. The van der Waals surface area contributed by atoms with Crippen molar-refractivity contribution >= 4 is 23.4 Å². The van der Waals surface area contributed by atoms with Gasteiger partial charge in [-0.2, -0.15) is 13.2 Å². The van der Waals surface area contributed by atoms with Crippen LogP contribution < -0.4 is 15.5 Å². The summed E-state index contributed by atoms with van der Waals surface area (Å²) in [5, 5.41) is 13.7. The molecule has 25 heavy (non-hydrogen) atoms. The van der Waals surface area contributed by atoms with Crippen molar-refractivity contribution < 1.29 is 27.9 Å². The SMILES string of the molecule is CN(C)c1ccc(C(F)(F)F)cc1NC(=O)NC(C)(C)CCC(=O)O. The number of halogens is 3. The molecule has 0 saturated carbocycles. The molecule has 0 radical (unpaired) electrons. The average Bonchev–Trinajstić information content (AvgIpc) is 2.43. The molecule has 0 saturated heterocycles. The van der Waals surface area contributed by atoms with Crippen molar-refractivity contribution in [3.63, 3.8) is 0 Å². The summed E-state index contributed by atoms with van der Waals surface area (Å²) in [6, 6.07) is 2.36. The molecule has 0 heterocycles. The first-order valence-electron chi connectivity index (χ1n) is 7.51. The molecular formula is C16H22F3N3O3. The number of rotatable bonds is 6. The molecule has 0 aliphatic carbocycles. The Hall–Kier alpha value is -2.45. The highest BCUT2D eigenvalue weighted by Crippen LogP contribution is 2.34. The lowest BCUT2D eigenvalue weighted by atomic mass is 9.99. The average molecular weight is 361 g/mol. The van der Waals surface area contributed by atoms with Gasteiger partial charge in [0.25, 0.3) is 0 Å². The van der Waals surface area contributed by atoms with Gasteiger partial charge in [-0.25, -0.2) is 4.79 Å². The van der Waals surface area contributed by atoms with Gasteiger partial charge in [0.2, 0.25) is 0 Å². The minimum Gasteiger partial charge on any atom is -0.481 e. The molecular weight excluding hydrogens is 339 g/mol. The highest BCUT2D eigenvalue weighted by Gasteiger charge is 2.31. The van der Waals surface area contributed by atoms with E-state index < -0.39 is 29.3 Å². The van der Waals surface area contributed by atoms with Gasteiger partial charge in [-0.15, -0.1) is 0 Å². The zero-order chi connectivity index (χ0) is 19.4. The second kappa shape index (κ2) is 7.62. The molecule has 0 atom stereocenters. The Morgan fingerprint density at radius 2 is 1.80 bits per heavy atom. The van der Waals surface area contributed by atoms with Gasteiger partial charge in [0.15, 0.2) is 0 Å². The maximum absolute atomic E-state index is 12.9. The molecule has 0 aliphatic rings. The molecule has 140 valence electrons. The molecule has 0 unspecified atom stereocenters. The minimum atomic E-state index is -4.53. The number of carbonyl (C=O) groups is 2. The number of amides is 2. The number of anilines is 2. The molecule has 9 heteroatoms. The fraction of sp³-hybridized carbons (Fsp3) is 0.500. The van der Waals surface area contributed by atoms with Gasteiger partial charge in [0.05, 0.1) is 16.9 Å². The molecule has 0 spiro atoms. The monoisotopic (exact) mass is 361 g/mol. The number of benzene rings is 1. The van der Waals surface area contributed by atoms with Crippen LogP contribution in [0.15, 0.2) is 18.2 Å². The molecule has 3 N–H and O–H groups in total. The summed E-state index contributed by atoms with van der Waals surface area (Å²) < 4.78 is 38.7. The van der Waals surface area contributed by atoms with Crippen LogP contribution in [-0.2, 0) is 11.0 Å². The van der Waals surface area contributed by atoms with Crippen molar-refractivity contribution in [2.24, 2.45) is 0 Å². The number of carbonyl (C=O) groups excluding carboxylic acids is 1. The van der Waals surface area contributed by atoms with Gasteiger partial charge in [0.1, 0.15) is 0 Å². The second-order valence-electron chi connectivity index (χ2n) is 6.48. The third-order valence-corrected chi connectivity index (χ3v) is 3.47. The van der Waals surface area contributed by atoms with Crippen molar-refractivity contribution in [2.45, 2.75) is 38.4 Å². The Bertz CT molecular complexity index is 643. The quantitative estimate of drug-likeness (QED) is 0.724. The van der Waals surface area contributed by atoms with Crippen LogP contribution in [0, 0.1) is 0 Å². The lowest BCUT2D eigenvalue weighted by Gasteiger charge is -2.27. The number of aliphatic carboxylic acids is 1. The van der Waals surface area contributed by atoms with Crippen molar-refractivity contribution in [3.8, 4) is 0 Å². The van der Waals surface area contributed by atoms with Crippen LogP contribution in [0.5, 0.6) is 0 Å². The van der Waals surface area contributed by atoms with Gasteiger partial charge in [0, 0.05) is 26.1 Å². The summed E-state index contributed by atoms with van der Waals surface area (Å²) in [7, 11) is 3.28. The number of nitrogens with zero attached hydrogens (tertiary/aromatic N) is 1. The van der Waals surface area contributed by atoms with Crippen LogP contribution in [0.25, 0.3) is 0 Å². The Balaban J connectivity index is 2.96. The van der Waals surface area contributed by atoms with Crippen molar-refractivity contribution in [1.82, 2.24) is 5.32 Å². The predicted molar refractivity (Wildman–Crippen MR) is 88.9 cm³/mol. The van der Waals surface area contributed by atoms with E-state index >= 15 is 0 Å². The largest absolute Gasteiger partial charge is 0.481 e. The summed E-state index contributed by atoms with van der Waals surface area (Å²) in [5.41, 5.74) is -1.29. The highest BCUT2D eigenvalue weighted by atomic mass is 19.4. The first-order chi connectivity index (χ1) is 11.3. The summed E-state index contributed by atoms with van der Waals surface area (Å²) in [6.45, 7) is 3.27. The number of hydrogen-bond donors (Lipinski definition) is 3. The molecule has 1 rings (SSSR count). The van der Waals surface area contributed by atoms with Crippen LogP contribution in [0.4, 0.5) is 29.3 Å². The van der Waals surface area contributed by atoms with E-state index in [0.717, 1.165) is 12.1 Å². The van der Waals surface area contributed by atoms with Gasteiger partial charge < -0.3 is 20.6 Å². The normalized spacial score (nSPS) is 11.8. The van der Waals surface area contributed by atoms with E-state index in [9.17, 15) is 22.8 Å². The molecule has 1 aromatic rings. The van der Waals surface area contributed by atoms with Gasteiger partial charge >= 0.3 is 18.2 Å². The van der Waals surface area contributed by atoms with Crippen LogP contribution in [0.3, 0.4) is 0 Å². The first-order valence-corrected chi connectivity index (χ1v) is 7.51. The van der Waals surface area contributed by atoms with Crippen LogP contribution in [-0.4, -0.2) is 36.7 Å². The summed E-state index contributed by atoms with van der Waals surface area (Å²) in [6.07, 6.45) is -4.49. The van der Waals surface area contributed by atoms with Crippen molar-refractivity contribution in [2.75, 3.05) is 24.3 Å². The van der Waals surface area contributed by atoms with Crippen molar-refractivity contribution in [1.29, 1.82) is 0 Å². The Morgan fingerprint density at radius 3 is 2.28 bits per heavy atom. The summed E-state index contributed by atoms with van der Waals surface area (Å²) >= 11 is 0. The van der Waals surface area contributed by atoms with E-state index in [1.54, 1.807) is 32.8 Å². The van der Waals surface area contributed by atoms with Gasteiger partial charge in [-0.05, 0) is 38.5 Å². The van der Waals surface area contributed by atoms with Crippen LogP contribution >= 0.6 is 0 Å². The van der Waals surface area contributed by atoms with E-state index in [-0.39, 0.29) is 18.5 Å². The van der Waals surface area contributed by atoms with E-state index in [4.69, 9.17) is 5.11 Å². The maximum atomic E-state index is 12.9.